The average molecular weight is 389 g/mol. The smallest absolute Gasteiger partial charge is 0.193 e. The minimum Gasteiger partial charge on any atom is -0.382 e. The number of ether oxygens (including phenoxy) is 2. The third-order valence-electron chi connectivity index (χ3n) is 5.67. The summed E-state index contributed by atoms with van der Waals surface area (Å²) in [6.07, 6.45) is 2.30. The highest BCUT2D eigenvalue weighted by atomic mass is 16.5. The second kappa shape index (κ2) is 10.7. The Morgan fingerprint density at radius 1 is 1.29 bits per heavy atom. The van der Waals surface area contributed by atoms with Crippen LogP contribution >= 0.6 is 0 Å². The first-order valence-corrected chi connectivity index (χ1v) is 10.7. The van der Waals surface area contributed by atoms with Gasteiger partial charge in [0, 0.05) is 50.9 Å². The molecule has 0 saturated carbocycles. The number of fused-ring (bicyclic) bond motifs is 1. The van der Waals surface area contributed by atoms with E-state index in [0.29, 0.717) is 25.2 Å². The van der Waals surface area contributed by atoms with Gasteiger partial charge in [-0.05, 0) is 38.3 Å². The van der Waals surface area contributed by atoms with Crippen molar-refractivity contribution in [1.29, 1.82) is 0 Å². The summed E-state index contributed by atoms with van der Waals surface area (Å²) in [7, 11) is 1.71. The van der Waals surface area contributed by atoms with Gasteiger partial charge in [0.05, 0.1) is 26.4 Å². The number of guanidine groups is 1. The molecule has 1 aromatic rings. The van der Waals surface area contributed by atoms with E-state index in [9.17, 15) is 0 Å². The lowest BCUT2D eigenvalue weighted by atomic mass is 10.1. The summed E-state index contributed by atoms with van der Waals surface area (Å²) in [5.74, 6) is 1.62. The highest BCUT2D eigenvalue weighted by molar-refractivity contribution is 5.80. The number of hydrogen-bond acceptors (Lipinski definition) is 4. The van der Waals surface area contributed by atoms with Crippen LogP contribution in [-0.4, -0.2) is 76.6 Å². The molecule has 0 spiro atoms. The van der Waals surface area contributed by atoms with Gasteiger partial charge in [-0.25, -0.2) is 0 Å². The molecule has 1 saturated heterocycles. The van der Waals surface area contributed by atoms with Crippen LogP contribution < -0.4 is 10.2 Å². The second-order valence-electron chi connectivity index (χ2n) is 7.78. The zero-order chi connectivity index (χ0) is 19.8. The number of anilines is 1. The van der Waals surface area contributed by atoms with Gasteiger partial charge in [-0.1, -0.05) is 18.2 Å². The highest BCUT2D eigenvalue weighted by Gasteiger charge is 2.26. The lowest BCUT2D eigenvalue weighted by Crippen LogP contribution is -2.42. The van der Waals surface area contributed by atoms with Gasteiger partial charge < -0.3 is 24.6 Å². The molecule has 3 rings (SSSR count). The van der Waals surface area contributed by atoms with Crippen molar-refractivity contribution in [1.82, 2.24) is 10.2 Å². The van der Waals surface area contributed by atoms with Crippen LogP contribution in [0.25, 0.3) is 0 Å². The molecule has 6 nitrogen and oxygen atoms in total. The Balaban J connectivity index is 1.53. The number of aliphatic imine (C=N–C) groups is 1. The Bertz CT molecular complexity index is 637. The van der Waals surface area contributed by atoms with E-state index in [2.05, 4.69) is 53.2 Å². The predicted octanol–water partition coefficient (Wildman–Crippen LogP) is 2.39. The Morgan fingerprint density at radius 3 is 2.96 bits per heavy atom. The molecule has 2 heterocycles. The van der Waals surface area contributed by atoms with Gasteiger partial charge in [0.25, 0.3) is 0 Å². The summed E-state index contributed by atoms with van der Waals surface area (Å²) in [4.78, 5) is 9.87. The first-order chi connectivity index (χ1) is 13.7. The van der Waals surface area contributed by atoms with Gasteiger partial charge in [0.15, 0.2) is 5.96 Å². The largest absolute Gasteiger partial charge is 0.382 e. The molecular weight excluding hydrogens is 352 g/mol. The van der Waals surface area contributed by atoms with Crippen LogP contribution in [0.15, 0.2) is 29.3 Å². The number of hydrogen-bond donors (Lipinski definition) is 1. The second-order valence-corrected chi connectivity index (χ2v) is 7.78. The SMILES string of the molecule is CCNC(=NCC(C)N1CCc2ccccc21)N1CCC(COCCOC)C1. The number of nitrogens with zero attached hydrogens (tertiary/aromatic N) is 3. The number of nitrogens with one attached hydrogen (secondary N) is 1. The van der Waals surface area contributed by atoms with Crippen LogP contribution in [0.4, 0.5) is 5.69 Å². The molecule has 1 aromatic carbocycles. The standard InChI is InChI=1S/C22H36N4O2/c1-4-23-22(25-11-9-19(16-25)17-28-14-13-27-3)24-15-18(2)26-12-10-20-7-5-6-8-21(20)26/h5-8,18-19H,4,9-17H2,1-3H3,(H,23,24). The van der Waals surface area contributed by atoms with Gasteiger partial charge in [0.1, 0.15) is 0 Å². The van der Waals surface area contributed by atoms with Crippen LogP contribution in [0.2, 0.25) is 0 Å². The minimum absolute atomic E-state index is 0.396. The molecule has 0 aliphatic carbocycles. The van der Waals surface area contributed by atoms with Crippen LogP contribution in [0, 0.1) is 5.92 Å². The molecule has 6 heteroatoms. The fourth-order valence-electron chi connectivity index (χ4n) is 4.12. The van der Waals surface area contributed by atoms with E-state index in [1.807, 2.05) is 0 Å². The van der Waals surface area contributed by atoms with Crippen molar-refractivity contribution < 1.29 is 9.47 Å². The molecule has 0 amide bonds. The summed E-state index contributed by atoms with van der Waals surface area (Å²) in [6.45, 7) is 11.4. The van der Waals surface area contributed by atoms with Crippen molar-refractivity contribution in [3.05, 3.63) is 29.8 Å². The Morgan fingerprint density at radius 2 is 2.14 bits per heavy atom. The van der Waals surface area contributed by atoms with Crippen molar-refractivity contribution >= 4 is 11.6 Å². The molecule has 2 aliphatic heterocycles. The number of para-hydroxylation sites is 1. The molecule has 156 valence electrons. The number of methoxy groups -OCH3 is 1. The molecule has 28 heavy (non-hydrogen) atoms. The van der Waals surface area contributed by atoms with Crippen LogP contribution in [0.3, 0.4) is 0 Å². The van der Waals surface area contributed by atoms with E-state index in [1.165, 1.54) is 11.3 Å². The lowest BCUT2D eigenvalue weighted by Gasteiger charge is -2.27. The Hall–Kier alpha value is -1.79. The molecule has 1 fully saturated rings. The molecule has 0 radical (unpaired) electrons. The van der Waals surface area contributed by atoms with E-state index in [1.54, 1.807) is 7.11 Å². The van der Waals surface area contributed by atoms with Crippen molar-refractivity contribution in [3.8, 4) is 0 Å². The van der Waals surface area contributed by atoms with Gasteiger partial charge in [-0.3, -0.25) is 4.99 Å². The summed E-state index contributed by atoms with van der Waals surface area (Å²) >= 11 is 0. The quantitative estimate of drug-likeness (QED) is 0.400. The molecule has 1 N–H and O–H groups in total. The van der Waals surface area contributed by atoms with Crippen LogP contribution in [0.5, 0.6) is 0 Å². The molecular formula is C22H36N4O2. The lowest BCUT2D eigenvalue weighted by molar-refractivity contribution is 0.0536. The monoisotopic (exact) mass is 388 g/mol. The van der Waals surface area contributed by atoms with E-state index in [4.69, 9.17) is 14.5 Å². The average Bonchev–Trinajstić information content (AvgIpc) is 3.35. The fraction of sp³-hybridized carbons (Fsp3) is 0.682. The third kappa shape index (κ3) is 5.39. The van der Waals surface area contributed by atoms with Gasteiger partial charge in [-0.2, -0.15) is 0 Å². The maximum Gasteiger partial charge on any atom is 0.193 e. The maximum absolute atomic E-state index is 5.73. The number of benzene rings is 1. The van der Waals surface area contributed by atoms with Crippen molar-refractivity contribution in [3.63, 3.8) is 0 Å². The zero-order valence-electron chi connectivity index (χ0n) is 17.7. The molecule has 0 aromatic heterocycles. The first kappa shape index (κ1) is 20.9. The highest BCUT2D eigenvalue weighted by Crippen LogP contribution is 2.29. The van der Waals surface area contributed by atoms with E-state index in [-0.39, 0.29) is 0 Å². The summed E-state index contributed by atoms with van der Waals surface area (Å²) in [6, 6.07) is 9.15. The van der Waals surface area contributed by atoms with E-state index < -0.39 is 0 Å². The van der Waals surface area contributed by atoms with Crippen molar-refractivity contribution in [2.75, 3.05) is 64.6 Å². The summed E-state index contributed by atoms with van der Waals surface area (Å²) in [5, 5.41) is 3.48. The Labute approximate surface area is 169 Å². The molecule has 2 aliphatic rings. The third-order valence-corrected chi connectivity index (χ3v) is 5.67. The van der Waals surface area contributed by atoms with Gasteiger partial charge in [-0.15, -0.1) is 0 Å². The Kier molecular flexibility index (Phi) is 7.98. The molecule has 2 atom stereocenters. The number of rotatable bonds is 9. The summed E-state index contributed by atoms with van der Waals surface area (Å²) in [5.41, 5.74) is 2.84. The van der Waals surface area contributed by atoms with Crippen LogP contribution in [-0.2, 0) is 15.9 Å². The first-order valence-electron chi connectivity index (χ1n) is 10.7. The normalized spacial score (nSPS) is 20.5. The predicted molar refractivity (Wildman–Crippen MR) is 115 cm³/mol. The van der Waals surface area contributed by atoms with E-state index in [0.717, 1.165) is 58.1 Å². The summed E-state index contributed by atoms with van der Waals surface area (Å²) < 4.78 is 10.8. The van der Waals surface area contributed by atoms with Crippen molar-refractivity contribution in [2.24, 2.45) is 10.9 Å². The number of likely N-dealkylation sites (tertiary alicyclic amines) is 1. The maximum atomic E-state index is 5.73. The zero-order valence-corrected chi connectivity index (χ0v) is 17.7. The molecule has 0 bridgehead atoms. The van der Waals surface area contributed by atoms with E-state index >= 15 is 0 Å². The van der Waals surface area contributed by atoms with Gasteiger partial charge in [0.2, 0.25) is 0 Å². The molecule has 2 unspecified atom stereocenters. The topological polar surface area (TPSA) is 49.3 Å². The van der Waals surface area contributed by atoms with Crippen LogP contribution in [0.1, 0.15) is 25.8 Å². The van der Waals surface area contributed by atoms with Gasteiger partial charge >= 0.3 is 0 Å². The fourth-order valence-corrected chi connectivity index (χ4v) is 4.12. The van der Waals surface area contributed by atoms with Crippen molar-refractivity contribution in [2.45, 2.75) is 32.7 Å². The minimum atomic E-state index is 0.396.